The second kappa shape index (κ2) is 7.90. The quantitative estimate of drug-likeness (QED) is 0.867. The number of likely N-dealkylation sites (N-methyl/N-ethyl adjacent to an activating group) is 1. The third kappa shape index (κ3) is 5.30. The molecular weight excluding hydrogens is 292 g/mol. The lowest BCUT2D eigenvalue weighted by molar-refractivity contribution is -0.138. The minimum absolute atomic E-state index is 0.0516. The molecule has 1 aromatic carbocycles. The van der Waals surface area contributed by atoms with Crippen molar-refractivity contribution in [2.24, 2.45) is 0 Å². The first kappa shape index (κ1) is 17.9. The number of rotatable bonds is 6. The number of hydrogen-bond acceptors (Lipinski definition) is 4. The van der Waals surface area contributed by atoms with Gasteiger partial charge in [-0.2, -0.15) is 0 Å². The van der Waals surface area contributed by atoms with Gasteiger partial charge >= 0.3 is 5.97 Å². The summed E-state index contributed by atoms with van der Waals surface area (Å²) in [6, 6.07) is 4.47. The van der Waals surface area contributed by atoms with Crippen LogP contribution in [0.4, 0.5) is 0 Å². The van der Waals surface area contributed by atoms with E-state index in [0.29, 0.717) is 13.2 Å². The van der Waals surface area contributed by atoms with Crippen molar-refractivity contribution in [1.29, 1.82) is 0 Å². The van der Waals surface area contributed by atoms with Crippen LogP contribution in [0.5, 0.6) is 0 Å². The van der Waals surface area contributed by atoms with Crippen molar-refractivity contribution in [3.8, 4) is 0 Å². The van der Waals surface area contributed by atoms with E-state index in [1.165, 1.54) is 22.3 Å². The Labute approximate surface area is 138 Å². The molecule has 1 aromatic rings. The van der Waals surface area contributed by atoms with Crippen LogP contribution in [0.2, 0.25) is 0 Å². The molecule has 1 unspecified atom stereocenters. The third-order valence-electron chi connectivity index (χ3n) is 4.37. The van der Waals surface area contributed by atoms with Gasteiger partial charge in [-0.3, -0.25) is 14.6 Å². The number of morpholine rings is 1. The summed E-state index contributed by atoms with van der Waals surface area (Å²) in [5.74, 6) is -0.800. The molecule has 2 rings (SSSR count). The third-order valence-corrected chi connectivity index (χ3v) is 4.37. The smallest absolute Gasteiger partial charge is 0.317 e. The van der Waals surface area contributed by atoms with Crippen molar-refractivity contribution in [3.63, 3.8) is 0 Å². The predicted octanol–water partition coefficient (Wildman–Crippen LogP) is 1.83. The lowest BCUT2D eigenvalue weighted by Crippen LogP contribution is -2.47. The molecule has 0 aromatic heterocycles. The number of ether oxygens (including phenoxy) is 1. The van der Waals surface area contributed by atoms with Crippen LogP contribution in [0.1, 0.15) is 22.3 Å². The van der Waals surface area contributed by atoms with E-state index in [9.17, 15) is 4.79 Å². The van der Waals surface area contributed by atoms with Gasteiger partial charge < -0.3 is 9.84 Å². The number of nitrogens with zero attached hydrogens (tertiary/aromatic N) is 2. The Morgan fingerprint density at radius 1 is 1.35 bits per heavy atom. The molecule has 1 aliphatic heterocycles. The topological polar surface area (TPSA) is 53.0 Å². The molecule has 1 aliphatic rings. The van der Waals surface area contributed by atoms with Gasteiger partial charge in [-0.1, -0.05) is 17.7 Å². The Balaban J connectivity index is 1.95. The number of aryl methyl sites for hydroxylation is 3. The van der Waals surface area contributed by atoms with Crippen molar-refractivity contribution in [3.05, 3.63) is 34.4 Å². The standard InChI is InChI=1S/C18H28N2O3/c1-13-7-14(2)17(15(3)8-13)11-20-5-6-23-16(10-20)9-19(4)12-18(21)22/h7-8,16H,5-6,9-12H2,1-4H3,(H,21,22). The Hall–Kier alpha value is -1.43. The maximum Gasteiger partial charge on any atom is 0.317 e. The van der Waals surface area contributed by atoms with Gasteiger partial charge in [0, 0.05) is 26.2 Å². The Kier molecular flexibility index (Phi) is 6.16. The van der Waals surface area contributed by atoms with E-state index >= 15 is 0 Å². The number of carboxylic acid groups (broad SMARTS) is 1. The van der Waals surface area contributed by atoms with Gasteiger partial charge in [0.2, 0.25) is 0 Å². The van der Waals surface area contributed by atoms with E-state index in [-0.39, 0.29) is 12.6 Å². The highest BCUT2D eigenvalue weighted by Crippen LogP contribution is 2.20. The zero-order chi connectivity index (χ0) is 17.0. The highest BCUT2D eigenvalue weighted by molar-refractivity contribution is 5.69. The van der Waals surface area contributed by atoms with Crippen molar-refractivity contribution < 1.29 is 14.6 Å². The first-order chi connectivity index (χ1) is 10.8. The Morgan fingerprint density at radius 2 is 2.00 bits per heavy atom. The zero-order valence-corrected chi connectivity index (χ0v) is 14.6. The fourth-order valence-corrected chi connectivity index (χ4v) is 3.36. The number of carbonyl (C=O) groups is 1. The molecule has 0 saturated carbocycles. The normalized spacial score (nSPS) is 19.3. The number of carboxylic acids is 1. The highest BCUT2D eigenvalue weighted by Gasteiger charge is 2.23. The summed E-state index contributed by atoms with van der Waals surface area (Å²) in [7, 11) is 1.82. The minimum Gasteiger partial charge on any atom is -0.480 e. The van der Waals surface area contributed by atoms with E-state index in [2.05, 4.69) is 37.8 Å². The van der Waals surface area contributed by atoms with Crippen molar-refractivity contribution in [2.45, 2.75) is 33.4 Å². The largest absolute Gasteiger partial charge is 0.480 e. The second-order valence-electron chi connectivity index (χ2n) is 6.70. The molecule has 0 spiro atoms. The second-order valence-corrected chi connectivity index (χ2v) is 6.70. The van der Waals surface area contributed by atoms with Gasteiger partial charge in [-0.05, 0) is 44.5 Å². The molecule has 1 atom stereocenters. The van der Waals surface area contributed by atoms with Crippen LogP contribution >= 0.6 is 0 Å². The van der Waals surface area contributed by atoms with Crippen LogP contribution in [0, 0.1) is 20.8 Å². The molecule has 1 heterocycles. The molecule has 5 nitrogen and oxygen atoms in total. The summed E-state index contributed by atoms with van der Waals surface area (Å²) in [5, 5.41) is 8.85. The van der Waals surface area contributed by atoms with Crippen molar-refractivity contribution in [1.82, 2.24) is 9.80 Å². The minimum atomic E-state index is -0.800. The van der Waals surface area contributed by atoms with E-state index in [0.717, 1.165) is 19.6 Å². The number of benzene rings is 1. The Bertz CT molecular complexity index is 536. The van der Waals surface area contributed by atoms with Crippen LogP contribution in [0.15, 0.2) is 12.1 Å². The highest BCUT2D eigenvalue weighted by atomic mass is 16.5. The molecule has 1 saturated heterocycles. The van der Waals surface area contributed by atoms with E-state index in [1.54, 1.807) is 4.90 Å². The molecular formula is C18H28N2O3. The fourth-order valence-electron chi connectivity index (χ4n) is 3.36. The molecule has 0 bridgehead atoms. The van der Waals surface area contributed by atoms with Gasteiger partial charge in [0.1, 0.15) is 0 Å². The maximum atomic E-state index is 10.8. The van der Waals surface area contributed by atoms with Crippen LogP contribution in [0.25, 0.3) is 0 Å². The summed E-state index contributed by atoms with van der Waals surface area (Å²) in [4.78, 5) is 15.0. The van der Waals surface area contributed by atoms with E-state index in [4.69, 9.17) is 9.84 Å². The number of hydrogen-bond donors (Lipinski definition) is 1. The molecule has 1 fully saturated rings. The fraction of sp³-hybridized carbons (Fsp3) is 0.611. The van der Waals surface area contributed by atoms with E-state index < -0.39 is 5.97 Å². The molecule has 23 heavy (non-hydrogen) atoms. The first-order valence-electron chi connectivity index (χ1n) is 8.16. The average molecular weight is 320 g/mol. The summed E-state index contributed by atoms with van der Waals surface area (Å²) in [5.41, 5.74) is 5.39. The van der Waals surface area contributed by atoms with Crippen molar-refractivity contribution >= 4 is 5.97 Å². The molecule has 0 aliphatic carbocycles. The van der Waals surface area contributed by atoms with E-state index in [1.807, 2.05) is 7.05 Å². The Morgan fingerprint density at radius 3 is 2.61 bits per heavy atom. The predicted molar refractivity (Wildman–Crippen MR) is 90.8 cm³/mol. The SMILES string of the molecule is Cc1cc(C)c(CN2CCOC(CN(C)CC(=O)O)C2)c(C)c1. The van der Waals surface area contributed by atoms with Crippen molar-refractivity contribution in [2.75, 3.05) is 39.8 Å². The summed E-state index contributed by atoms with van der Waals surface area (Å²) < 4.78 is 5.80. The molecule has 128 valence electrons. The summed E-state index contributed by atoms with van der Waals surface area (Å²) in [6.07, 6.45) is 0.0687. The number of aliphatic carboxylic acids is 1. The monoisotopic (exact) mass is 320 g/mol. The average Bonchev–Trinajstić information content (AvgIpc) is 2.42. The molecule has 0 radical (unpaired) electrons. The first-order valence-corrected chi connectivity index (χ1v) is 8.16. The van der Waals surface area contributed by atoms with Crippen LogP contribution < -0.4 is 0 Å². The lowest BCUT2D eigenvalue weighted by atomic mass is 9.99. The molecule has 1 N–H and O–H groups in total. The van der Waals surface area contributed by atoms with Gasteiger partial charge in [-0.15, -0.1) is 0 Å². The lowest BCUT2D eigenvalue weighted by Gasteiger charge is -2.35. The van der Waals surface area contributed by atoms with Crippen LogP contribution in [-0.4, -0.2) is 66.8 Å². The zero-order valence-electron chi connectivity index (χ0n) is 14.6. The van der Waals surface area contributed by atoms with Gasteiger partial charge in [0.05, 0.1) is 19.3 Å². The van der Waals surface area contributed by atoms with Gasteiger partial charge in [-0.25, -0.2) is 0 Å². The maximum absolute atomic E-state index is 10.8. The molecule has 0 amide bonds. The van der Waals surface area contributed by atoms with Crippen LogP contribution in [0.3, 0.4) is 0 Å². The molecule has 5 heteroatoms. The van der Waals surface area contributed by atoms with Gasteiger partial charge in [0.25, 0.3) is 0 Å². The van der Waals surface area contributed by atoms with Crippen LogP contribution in [-0.2, 0) is 16.1 Å². The summed E-state index contributed by atoms with van der Waals surface area (Å²) in [6.45, 7) is 10.6. The summed E-state index contributed by atoms with van der Waals surface area (Å²) >= 11 is 0. The van der Waals surface area contributed by atoms with Gasteiger partial charge in [0.15, 0.2) is 0 Å².